The summed E-state index contributed by atoms with van der Waals surface area (Å²) >= 11 is 0. The molecular formula is C26H54. The van der Waals surface area contributed by atoms with Gasteiger partial charge in [0.1, 0.15) is 0 Å². The SMILES string of the molecule is C=CCC.CCC(CC)C[C@H](CC)C[C@@H](CC)C[C@H](CC)C[C@H](C)CC. The molecule has 26 heavy (non-hydrogen) atoms. The van der Waals surface area contributed by atoms with Gasteiger partial charge in [-0.05, 0) is 61.7 Å². The van der Waals surface area contributed by atoms with Gasteiger partial charge in [0.25, 0.3) is 0 Å². The van der Waals surface area contributed by atoms with Crippen molar-refractivity contribution in [2.24, 2.45) is 29.6 Å². The molecule has 0 amide bonds. The van der Waals surface area contributed by atoms with Crippen molar-refractivity contribution in [3.63, 3.8) is 0 Å². The van der Waals surface area contributed by atoms with Crippen molar-refractivity contribution < 1.29 is 0 Å². The van der Waals surface area contributed by atoms with E-state index in [1.807, 2.05) is 6.08 Å². The van der Waals surface area contributed by atoms with Gasteiger partial charge in [0.2, 0.25) is 0 Å². The van der Waals surface area contributed by atoms with Crippen LogP contribution in [-0.4, -0.2) is 0 Å². The van der Waals surface area contributed by atoms with Gasteiger partial charge < -0.3 is 0 Å². The molecule has 0 fully saturated rings. The number of hydrogen-bond donors (Lipinski definition) is 0. The third-order valence-corrected chi connectivity index (χ3v) is 6.61. The summed E-state index contributed by atoms with van der Waals surface area (Å²) in [6.07, 6.45) is 17.1. The highest BCUT2D eigenvalue weighted by molar-refractivity contribution is 4.72. The molecule has 0 nitrogen and oxygen atoms in total. The summed E-state index contributed by atoms with van der Waals surface area (Å²) in [5.41, 5.74) is 0. The highest BCUT2D eigenvalue weighted by atomic mass is 14.3. The lowest BCUT2D eigenvalue weighted by molar-refractivity contribution is 0.234. The molecule has 0 unspecified atom stereocenters. The second kappa shape index (κ2) is 19.5. The van der Waals surface area contributed by atoms with E-state index >= 15 is 0 Å². The van der Waals surface area contributed by atoms with Crippen LogP contribution in [-0.2, 0) is 0 Å². The van der Waals surface area contributed by atoms with E-state index in [2.05, 4.69) is 62.0 Å². The zero-order valence-electron chi connectivity index (χ0n) is 19.9. The zero-order valence-corrected chi connectivity index (χ0v) is 19.9. The Kier molecular flexibility index (Phi) is 21.0. The standard InChI is InChI=1S/C22H46.C4H8/c1-8-18(7)14-20(11-4)16-22(13-6)17-21(12-5)15-19(9-2)10-3;1-3-4-2/h18-22H,8-17H2,1-7H3;3H,1,4H2,2H3/t18-,20-,21+,22+;/m1./s1. The van der Waals surface area contributed by atoms with E-state index < -0.39 is 0 Å². The van der Waals surface area contributed by atoms with Gasteiger partial charge in [-0.25, -0.2) is 0 Å². The van der Waals surface area contributed by atoms with E-state index in [1.54, 1.807) is 0 Å². The number of allylic oxidation sites excluding steroid dienone is 1. The van der Waals surface area contributed by atoms with Crippen molar-refractivity contribution in [2.45, 2.75) is 126 Å². The Morgan fingerprint density at radius 3 is 1.12 bits per heavy atom. The van der Waals surface area contributed by atoms with Crippen molar-refractivity contribution in [1.82, 2.24) is 0 Å². The molecule has 0 heteroatoms. The van der Waals surface area contributed by atoms with Crippen molar-refractivity contribution in [3.05, 3.63) is 12.7 Å². The minimum absolute atomic E-state index is 0.911. The third kappa shape index (κ3) is 14.9. The van der Waals surface area contributed by atoms with Crippen molar-refractivity contribution in [3.8, 4) is 0 Å². The fraction of sp³-hybridized carbons (Fsp3) is 0.923. The molecule has 0 saturated heterocycles. The van der Waals surface area contributed by atoms with Crippen molar-refractivity contribution >= 4 is 0 Å². The quantitative estimate of drug-likeness (QED) is 0.253. The van der Waals surface area contributed by atoms with Gasteiger partial charge in [-0.1, -0.05) is 100.0 Å². The largest absolute Gasteiger partial charge is 0.103 e. The summed E-state index contributed by atoms with van der Waals surface area (Å²) in [6.45, 7) is 22.3. The molecule has 0 aromatic rings. The molecule has 0 N–H and O–H groups in total. The van der Waals surface area contributed by atoms with E-state index in [0.717, 1.165) is 36.0 Å². The maximum absolute atomic E-state index is 3.48. The van der Waals surface area contributed by atoms with Gasteiger partial charge >= 0.3 is 0 Å². The molecule has 0 aromatic heterocycles. The molecule has 0 aliphatic heterocycles. The van der Waals surface area contributed by atoms with Crippen LogP contribution in [0.15, 0.2) is 12.7 Å². The summed E-state index contributed by atoms with van der Waals surface area (Å²) in [7, 11) is 0. The van der Waals surface area contributed by atoms with Gasteiger partial charge in [0, 0.05) is 0 Å². The monoisotopic (exact) mass is 366 g/mol. The maximum atomic E-state index is 3.48. The smallest absolute Gasteiger partial charge is 0.0382 e. The lowest BCUT2D eigenvalue weighted by atomic mass is 9.77. The summed E-state index contributed by atoms with van der Waals surface area (Å²) in [5, 5.41) is 0. The van der Waals surface area contributed by atoms with Crippen molar-refractivity contribution in [2.75, 3.05) is 0 Å². The summed E-state index contributed by atoms with van der Waals surface area (Å²) in [5.74, 6) is 4.77. The number of rotatable bonds is 15. The first kappa shape index (κ1) is 28.0. The van der Waals surface area contributed by atoms with Gasteiger partial charge in [-0.15, -0.1) is 6.58 Å². The molecule has 0 aliphatic rings. The van der Waals surface area contributed by atoms with E-state index in [4.69, 9.17) is 0 Å². The number of hydrogen-bond acceptors (Lipinski definition) is 0. The molecule has 0 bridgehead atoms. The molecule has 4 atom stereocenters. The first-order valence-electron chi connectivity index (χ1n) is 12.1. The molecule has 0 saturated carbocycles. The van der Waals surface area contributed by atoms with E-state index in [0.29, 0.717) is 0 Å². The van der Waals surface area contributed by atoms with Crippen LogP contribution < -0.4 is 0 Å². The lowest BCUT2D eigenvalue weighted by Crippen LogP contribution is -2.16. The average molecular weight is 367 g/mol. The molecule has 0 radical (unpaired) electrons. The van der Waals surface area contributed by atoms with E-state index in [-0.39, 0.29) is 0 Å². The van der Waals surface area contributed by atoms with E-state index in [9.17, 15) is 0 Å². The van der Waals surface area contributed by atoms with Crippen LogP contribution in [0.2, 0.25) is 0 Å². The predicted molar refractivity (Wildman–Crippen MR) is 124 cm³/mol. The Bertz CT molecular complexity index is 276. The summed E-state index contributed by atoms with van der Waals surface area (Å²) < 4.78 is 0. The zero-order chi connectivity index (χ0) is 20.4. The first-order valence-corrected chi connectivity index (χ1v) is 12.1. The molecular weight excluding hydrogens is 312 g/mol. The van der Waals surface area contributed by atoms with Crippen LogP contribution in [0.3, 0.4) is 0 Å². The third-order valence-electron chi connectivity index (χ3n) is 6.61. The molecule has 0 aromatic carbocycles. The normalized spacial score (nSPS) is 15.7. The molecule has 0 heterocycles. The van der Waals surface area contributed by atoms with Crippen molar-refractivity contribution in [1.29, 1.82) is 0 Å². The van der Waals surface area contributed by atoms with Gasteiger partial charge in [0.05, 0.1) is 0 Å². The van der Waals surface area contributed by atoms with Gasteiger partial charge in [-0.3, -0.25) is 0 Å². The minimum atomic E-state index is 0.911. The summed E-state index contributed by atoms with van der Waals surface area (Å²) in [4.78, 5) is 0. The maximum Gasteiger partial charge on any atom is -0.0382 e. The van der Waals surface area contributed by atoms with Gasteiger partial charge in [-0.2, -0.15) is 0 Å². The first-order chi connectivity index (χ1) is 12.4. The minimum Gasteiger partial charge on any atom is -0.103 e. The highest BCUT2D eigenvalue weighted by Gasteiger charge is 2.20. The molecule has 158 valence electrons. The molecule has 0 rings (SSSR count). The Labute approximate surface area is 168 Å². The Morgan fingerprint density at radius 1 is 0.538 bits per heavy atom. The second-order valence-electron chi connectivity index (χ2n) is 8.66. The van der Waals surface area contributed by atoms with Crippen LogP contribution in [0.5, 0.6) is 0 Å². The fourth-order valence-corrected chi connectivity index (χ4v) is 4.06. The summed E-state index contributed by atoms with van der Waals surface area (Å²) in [6, 6.07) is 0. The second-order valence-corrected chi connectivity index (χ2v) is 8.66. The van der Waals surface area contributed by atoms with Gasteiger partial charge in [0.15, 0.2) is 0 Å². The van der Waals surface area contributed by atoms with Crippen LogP contribution >= 0.6 is 0 Å². The predicted octanol–water partition coefficient (Wildman–Crippen LogP) is 9.69. The Hall–Kier alpha value is -0.260. The fourth-order valence-electron chi connectivity index (χ4n) is 4.06. The Morgan fingerprint density at radius 2 is 0.846 bits per heavy atom. The molecule has 0 aliphatic carbocycles. The highest BCUT2D eigenvalue weighted by Crippen LogP contribution is 2.33. The molecule has 0 spiro atoms. The average Bonchev–Trinajstić information content (AvgIpc) is 2.69. The lowest BCUT2D eigenvalue weighted by Gasteiger charge is -2.28. The Balaban J connectivity index is 0. The van der Waals surface area contributed by atoms with E-state index in [1.165, 1.54) is 64.2 Å². The van der Waals surface area contributed by atoms with Crippen LogP contribution in [0.25, 0.3) is 0 Å². The topological polar surface area (TPSA) is 0 Å². The van der Waals surface area contributed by atoms with Crippen LogP contribution in [0.1, 0.15) is 126 Å². The van der Waals surface area contributed by atoms with Crippen LogP contribution in [0, 0.1) is 29.6 Å². The van der Waals surface area contributed by atoms with Crippen LogP contribution in [0.4, 0.5) is 0 Å².